The predicted molar refractivity (Wildman–Crippen MR) is 225 cm³/mol. The van der Waals surface area contributed by atoms with E-state index in [1.165, 1.54) is 49.0 Å². The summed E-state index contributed by atoms with van der Waals surface area (Å²) in [5.74, 6) is 0. The van der Waals surface area contributed by atoms with E-state index < -0.39 is 0 Å². The molecule has 4 heteroatoms. The molecule has 4 aromatic heterocycles. The van der Waals surface area contributed by atoms with E-state index in [1.54, 1.807) is 0 Å². The van der Waals surface area contributed by atoms with Crippen molar-refractivity contribution in [1.29, 1.82) is 0 Å². The van der Waals surface area contributed by atoms with Crippen LogP contribution in [0.4, 0.5) is 0 Å². The fourth-order valence-corrected chi connectivity index (χ4v) is 8.89. The molecule has 0 N–H and O–H groups in total. The maximum atomic E-state index is 6.70. The first kappa shape index (κ1) is 29.3. The molecule has 0 saturated heterocycles. The summed E-state index contributed by atoms with van der Waals surface area (Å²) in [4.78, 5) is 0. The summed E-state index contributed by atoms with van der Waals surface area (Å²) in [6, 6.07) is 67.6. The molecule has 0 fully saturated rings. The van der Waals surface area contributed by atoms with Gasteiger partial charge in [-0.1, -0.05) is 109 Å². The van der Waals surface area contributed by atoms with Gasteiger partial charge in [0.05, 0.1) is 33.0 Å². The Morgan fingerprint density at radius 3 is 1.44 bits per heavy atom. The van der Waals surface area contributed by atoms with Crippen molar-refractivity contribution in [2.24, 2.45) is 0 Å². The number of fused-ring (bicyclic) bond motifs is 11. The predicted octanol–water partition coefficient (Wildman–Crippen LogP) is 13.4. The summed E-state index contributed by atoms with van der Waals surface area (Å²) in [6.45, 7) is 0. The number of hydrogen-bond acceptors (Lipinski definition) is 1. The lowest BCUT2D eigenvalue weighted by molar-refractivity contribution is 0.645. The van der Waals surface area contributed by atoms with Crippen molar-refractivity contribution in [2.75, 3.05) is 0 Å². The Hall–Kier alpha value is -7.30. The molecule has 252 valence electrons. The second-order valence-corrected chi connectivity index (χ2v) is 14.2. The zero-order valence-corrected chi connectivity index (χ0v) is 29.1. The highest BCUT2D eigenvalue weighted by Crippen LogP contribution is 2.41. The minimum absolute atomic E-state index is 0.873. The Bertz CT molecular complexity index is 3380. The maximum Gasteiger partial charge on any atom is 0.213 e. The molecule has 0 aliphatic heterocycles. The van der Waals surface area contributed by atoms with Crippen molar-refractivity contribution in [2.45, 2.75) is 0 Å². The molecule has 12 aromatic rings. The molecule has 0 spiro atoms. The Morgan fingerprint density at radius 1 is 0.296 bits per heavy atom. The van der Waals surface area contributed by atoms with E-state index in [0.29, 0.717) is 0 Å². The van der Waals surface area contributed by atoms with Crippen LogP contribution in [-0.4, -0.2) is 13.7 Å². The van der Waals surface area contributed by atoms with Crippen molar-refractivity contribution in [1.82, 2.24) is 13.7 Å². The van der Waals surface area contributed by atoms with E-state index in [1.807, 2.05) is 6.07 Å². The van der Waals surface area contributed by atoms with Crippen LogP contribution in [0.1, 0.15) is 0 Å². The van der Waals surface area contributed by atoms with Crippen LogP contribution in [0.15, 0.2) is 192 Å². The monoisotopic (exact) mass is 689 g/mol. The third-order valence-corrected chi connectivity index (χ3v) is 11.3. The molecule has 0 amide bonds. The highest BCUT2D eigenvalue weighted by molar-refractivity contribution is 6.20. The molecule has 0 radical (unpaired) electrons. The summed E-state index contributed by atoms with van der Waals surface area (Å²) in [6.07, 6.45) is 0. The summed E-state index contributed by atoms with van der Waals surface area (Å²) in [7, 11) is 0. The molecular formula is C50H31N3O. The number of aromatic nitrogens is 3. The number of para-hydroxylation sites is 5. The van der Waals surface area contributed by atoms with Crippen LogP contribution in [0.3, 0.4) is 0 Å². The summed E-state index contributed by atoms with van der Waals surface area (Å²) >= 11 is 0. The van der Waals surface area contributed by atoms with Crippen LogP contribution in [0.25, 0.3) is 105 Å². The lowest BCUT2D eigenvalue weighted by Gasteiger charge is -2.11. The van der Waals surface area contributed by atoms with Crippen LogP contribution in [-0.2, 0) is 0 Å². The molecule has 0 atom stereocenters. The lowest BCUT2D eigenvalue weighted by Crippen LogP contribution is -1.95. The molecule has 54 heavy (non-hydrogen) atoms. The van der Waals surface area contributed by atoms with Crippen LogP contribution in [0.2, 0.25) is 0 Å². The first-order valence-electron chi connectivity index (χ1n) is 18.4. The van der Waals surface area contributed by atoms with Crippen LogP contribution in [0, 0.1) is 0 Å². The first-order chi connectivity index (χ1) is 26.8. The second kappa shape index (κ2) is 11.1. The highest BCUT2D eigenvalue weighted by Gasteiger charge is 2.20. The van der Waals surface area contributed by atoms with Gasteiger partial charge in [-0.2, -0.15) is 0 Å². The molecule has 4 heterocycles. The van der Waals surface area contributed by atoms with Gasteiger partial charge in [0.15, 0.2) is 0 Å². The Balaban J connectivity index is 0.973. The Morgan fingerprint density at radius 2 is 0.778 bits per heavy atom. The normalized spacial score (nSPS) is 12.1. The Kier molecular flexibility index (Phi) is 6.02. The molecule has 0 bridgehead atoms. The average molecular weight is 690 g/mol. The number of rotatable bonds is 4. The van der Waals surface area contributed by atoms with E-state index in [2.05, 4.69) is 196 Å². The molecule has 0 aliphatic carbocycles. The van der Waals surface area contributed by atoms with Crippen molar-refractivity contribution in [3.8, 4) is 28.2 Å². The number of hydrogen-bond donors (Lipinski definition) is 0. The minimum Gasteiger partial charge on any atom is -0.439 e. The topological polar surface area (TPSA) is 27.9 Å². The SMILES string of the molecule is c1ccc(-n2c3ccccc3c3c4ccc(-c5ccc(-n6c7ccccc7c7cc(-n8c9ccccc9c9ccccc98)ccc76)cc5)cc4oc32)cc1. The lowest BCUT2D eigenvalue weighted by atomic mass is 10.0. The molecule has 8 aromatic carbocycles. The largest absolute Gasteiger partial charge is 0.439 e. The van der Waals surface area contributed by atoms with Crippen LogP contribution < -0.4 is 0 Å². The zero-order valence-electron chi connectivity index (χ0n) is 29.1. The van der Waals surface area contributed by atoms with E-state index >= 15 is 0 Å². The summed E-state index contributed by atoms with van der Waals surface area (Å²) in [5, 5.41) is 8.48. The fourth-order valence-electron chi connectivity index (χ4n) is 8.89. The Labute approximate surface area is 309 Å². The number of benzene rings is 8. The molecular weight excluding hydrogens is 659 g/mol. The molecule has 0 aliphatic rings. The van der Waals surface area contributed by atoms with Crippen LogP contribution in [0.5, 0.6) is 0 Å². The molecule has 0 saturated carbocycles. The van der Waals surface area contributed by atoms with Crippen molar-refractivity contribution in [3.63, 3.8) is 0 Å². The van der Waals surface area contributed by atoms with E-state index in [9.17, 15) is 0 Å². The van der Waals surface area contributed by atoms with Gasteiger partial charge in [-0.3, -0.25) is 4.57 Å². The highest BCUT2D eigenvalue weighted by atomic mass is 16.3. The zero-order chi connectivity index (χ0) is 35.3. The second-order valence-electron chi connectivity index (χ2n) is 14.2. The van der Waals surface area contributed by atoms with Crippen LogP contribution >= 0.6 is 0 Å². The fraction of sp³-hybridized carbons (Fsp3) is 0. The summed E-state index contributed by atoms with van der Waals surface area (Å²) < 4.78 is 13.7. The van der Waals surface area contributed by atoms with Gasteiger partial charge < -0.3 is 13.6 Å². The van der Waals surface area contributed by atoms with Gasteiger partial charge in [0.2, 0.25) is 5.71 Å². The molecule has 12 rings (SSSR count). The maximum absolute atomic E-state index is 6.70. The van der Waals surface area contributed by atoms with Gasteiger partial charge in [0.25, 0.3) is 0 Å². The third-order valence-electron chi connectivity index (χ3n) is 11.3. The van der Waals surface area contributed by atoms with Gasteiger partial charge in [-0.25, -0.2) is 0 Å². The van der Waals surface area contributed by atoms with Gasteiger partial charge in [-0.05, 0) is 90.0 Å². The van der Waals surface area contributed by atoms with Gasteiger partial charge in [-0.15, -0.1) is 0 Å². The number of nitrogens with zero attached hydrogens (tertiary/aromatic N) is 3. The third kappa shape index (κ3) is 4.08. The van der Waals surface area contributed by atoms with E-state index in [-0.39, 0.29) is 0 Å². The van der Waals surface area contributed by atoms with Crippen molar-refractivity contribution >= 4 is 76.6 Å². The molecule has 0 unspecified atom stereocenters. The first-order valence-corrected chi connectivity index (χ1v) is 18.4. The number of furan rings is 1. The van der Waals surface area contributed by atoms with Gasteiger partial charge in [0, 0.05) is 49.4 Å². The quantitative estimate of drug-likeness (QED) is 0.181. The summed E-state index contributed by atoms with van der Waals surface area (Å²) in [5.41, 5.74) is 13.4. The average Bonchev–Trinajstić information content (AvgIpc) is 3.96. The van der Waals surface area contributed by atoms with Gasteiger partial charge in [0.1, 0.15) is 5.58 Å². The van der Waals surface area contributed by atoms with E-state index in [4.69, 9.17) is 4.42 Å². The van der Waals surface area contributed by atoms with Gasteiger partial charge >= 0.3 is 0 Å². The minimum atomic E-state index is 0.873. The standard InChI is InChI=1S/C50H31N3O/c1-2-12-34(13-3-1)53-46-21-11-7-17-40(46)49-41-28-24-33(30-48(41)54-50(49)53)32-22-25-35(26-23-32)51-45-20-10-6-16-39(45)42-31-36(27-29-47(42)51)52-43-18-8-4-14-37(43)38-15-5-9-19-44(38)52/h1-31H. The smallest absolute Gasteiger partial charge is 0.213 e. The van der Waals surface area contributed by atoms with E-state index in [0.717, 1.165) is 55.8 Å². The van der Waals surface area contributed by atoms with Crippen molar-refractivity contribution in [3.05, 3.63) is 188 Å². The molecule has 4 nitrogen and oxygen atoms in total. The van der Waals surface area contributed by atoms with Crippen molar-refractivity contribution < 1.29 is 4.42 Å².